The molecule has 0 radical (unpaired) electrons. The van der Waals surface area contributed by atoms with Gasteiger partial charge in [-0.05, 0) is 73.4 Å². The van der Waals surface area contributed by atoms with Crippen LogP contribution in [0.1, 0.15) is 49.8 Å². The van der Waals surface area contributed by atoms with Crippen molar-refractivity contribution in [3.8, 4) is 0 Å². The number of hydrogen-bond acceptors (Lipinski definition) is 5. The van der Waals surface area contributed by atoms with Gasteiger partial charge in [0, 0.05) is 35.4 Å². The van der Waals surface area contributed by atoms with Gasteiger partial charge in [0.1, 0.15) is 12.1 Å². The molecule has 5 nitrogen and oxygen atoms in total. The molecule has 0 fully saturated rings. The molecule has 178 valence electrons. The molecule has 4 rings (SSSR count). The predicted octanol–water partition coefficient (Wildman–Crippen LogP) is 6.18. The fourth-order valence-corrected chi connectivity index (χ4v) is 4.56. The lowest BCUT2D eigenvalue weighted by Gasteiger charge is -2.26. The van der Waals surface area contributed by atoms with E-state index < -0.39 is 0 Å². The second-order valence-electron chi connectivity index (χ2n) is 9.88. The van der Waals surface area contributed by atoms with Gasteiger partial charge in [-0.1, -0.05) is 45.2 Å². The van der Waals surface area contributed by atoms with Crippen LogP contribution in [0.25, 0.3) is 10.9 Å². The fraction of sp³-hybridized carbons (Fsp3) is 0.379. The van der Waals surface area contributed by atoms with Crippen molar-refractivity contribution in [3.05, 3.63) is 84.0 Å². The van der Waals surface area contributed by atoms with E-state index in [9.17, 15) is 0 Å². The third kappa shape index (κ3) is 5.96. The lowest BCUT2D eigenvalue weighted by molar-refractivity contribution is 0.463. The Morgan fingerprint density at radius 2 is 1.91 bits per heavy atom. The highest BCUT2D eigenvalue weighted by atomic mass is 15.0. The average molecular weight is 456 g/mol. The van der Waals surface area contributed by atoms with Crippen LogP contribution < -0.4 is 16.0 Å². The van der Waals surface area contributed by atoms with E-state index in [1.165, 1.54) is 16.7 Å². The first-order valence-electron chi connectivity index (χ1n) is 12.4. The topological polar surface area (TPSA) is 61.9 Å². The molecule has 5 heteroatoms. The highest BCUT2D eigenvalue weighted by Crippen LogP contribution is 2.28. The summed E-state index contributed by atoms with van der Waals surface area (Å²) in [6, 6.07) is 13.2. The molecule has 1 atom stereocenters. The maximum absolute atomic E-state index is 4.61. The van der Waals surface area contributed by atoms with Crippen LogP contribution in [0.2, 0.25) is 0 Å². The average Bonchev–Trinajstić information content (AvgIpc) is 2.79. The number of nitrogens with zero attached hydrogens (tertiary/aromatic N) is 2. The van der Waals surface area contributed by atoms with E-state index in [0.29, 0.717) is 5.92 Å². The summed E-state index contributed by atoms with van der Waals surface area (Å²) in [4.78, 5) is 9.10. The number of hydrogen-bond donors (Lipinski definition) is 3. The molecule has 1 aliphatic rings. The van der Waals surface area contributed by atoms with Gasteiger partial charge in [-0.2, -0.15) is 0 Å². The van der Waals surface area contributed by atoms with Crippen LogP contribution in [0.3, 0.4) is 0 Å². The van der Waals surface area contributed by atoms with Crippen molar-refractivity contribution in [1.29, 1.82) is 0 Å². The molecule has 2 aromatic carbocycles. The first kappa shape index (κ1) is 23.8. The van der Waals surface area contributed by atoms with E-state index in [4.69, 9.17) is 0 Å². The quantitative estimate of drug-likeness (QED) is 0.431. The van der Waals surface area contributed by atoms with Gasteiger partial charge >= 0.3 is 0 Å². The Morgan fingerprint density at radius 3 is 2.74 bits per heavy atom. The van der Waals surface area contributed by atoms with Crippen molar-refractivity contribution in [2.45, 2.75) is 58.9 Å². The molecule has 0 aliphatic carbocycles. The maximum atomic E-state index is 4.61. The third-order valence-electron chi connectivity index (χ3n) is 6.37. The zero-order chi connectivity index (χ0) is 24.1. The lowest BCUT2D eigenvalue weighted by atomic mass is 9.99. The van der Waals surface area contributed by atoms with Crippen LogP contribution >= 0.6 is 0 Å². The fourth-order valence-electron chi connectivity index (χ4n) is 4.56. The van der Waals surface area contributed by atoms with Gasteiger partial charge in [-0.25, -0.2) is 9.97 Å². The summed E-state index contributed by atoms with van der Waals surface area (Å²) >= 11 is 0. The molecule has 1 aliphatic heterocycles. The molecular formula is C29H37N5. The summed E-state index contributed by atoms with van der Waals surface area (Å²) in [5, 5.41) is 11.9. The third-order valence-corrected chi connectivity index (χ3v) is 6.37. The molecule has 2 bridgehead atoms. The van der Waals surface area contributed by atoms with Crippen molar-refractivity contribution in [2.24, 2.45) is 5.92 Å². The molecular weight excluding hydrogens is 418 g/mol. The minimum absolute atomic E-state index is 0.154. The van der Waals surface area contributed by atoms with E-state index in [2.05, 4.69) is 96.2 Å². The van der Waals surface area contributed by atoms with Gasteiger partial charge < -0.3 is 16.0 Å². The summed E-state index contributed by atoms with van der Waals surface area (Å²) in [5.41, 5.74) is 7.72. The van der Waals surface area contributed by atoms with E-state index in [-0.39, 0.29) is 6.04 Å². The van der Waals surface area contributed by atoms with Crippen LogP contribution in [0.15, 0.2) is 67.3 Å². The molecule has 0 saturated heterocycles. The Hall–Kier alpha value is -3.34. The first-order valence-corrected chi connectivity index (χ1v) is 12.4. The van der Waals surface area contributed by atoms with Crippen molar-refractivity contribution in [1.82, 2.24) is 20.6 Å². The van der Waals surface area contributed by atoms with Crippen LogP contribution in [0.5, 0.6) is 0 Å². The van der Waals surface area contributed by atoms with E-state index in [1.807, 2.05) is 0 Å². The van der Waals surface area contributed by atoms with Gasteiger partial charge in [0.25, 0.3) is 0 Å². The second-order valence-corrected chi connectivity index (χ2v) is 9.88. The number of rotatable bonds is 2. The van der Waals surface area contributed by atoms with Gasteiger partial charge in [-0.15, -0.1) is 0 Å². The number of allylic oxidation sites excluding steroid dienone is 1. The monoisotopic (exact) mass is 455 g/mol. The standard InChI is InChI=1S/C29H37N5/c1-19(2)14-27-22(5)30-13-7-6-8-23-10-12-26-25(17-23)29(32-18-31-26)34-28-15-20(3)9-11-24(28)16-21(4)33-27/h9-12,15,17-19,27,30,33H,4-8,13-14,16H2,1-3H3,(H,31,32,34)/t27-/m0/s1. The number of fused-ring (bicyclic) bond motifs is 2. The molecule has 3 aromatic rings. The zero-order valence-corrected chi connectivity index (χ0v) is 20.7. The Kier molecular flexibility index (Phi) is 7.51. The highest BCUT2D eigenvalue weighted by Gasteiger charge is 2.17. The van der Waals surface area contributed by atoms with Crippen LogP contribution in [-0.4, -0.2) is 22.6 Å². The van der Waals surface area contributed by atoms with Crippen LogP contribution in [0.4, 0.5) is 11.5 Å². The SMILES string of the molecule is C=C1Cc2ccc(C)cc2Nc2ncnc3ccc(cc23)CCCCNC(=C)[C@H](CC(C)C)N1. The molecule has 3 N–H and O–H groups in total. The van der Waals surface area contributed by atoms with E-state index >= 15 is 0 Å². The molecule has 0 spiro atoms. The van der Waals surface area contributed by atoms with Crippen molar-refractivity contribution in [2.75, 3.05) is 11.9 Å². The zero-order valence-electron chi connectivity index (χ0n) is 20.7. The van der Waals surface area contributed by atoms with Gasteiger partial charge in [-0.3, -0.25) is 0 Å². The van der Waals surface area contributed by atoms with E-state index in [1.54, 1.807) is 6.33 Å². The van der Waals surface area contributed by atoms with Gasteiger partial charge in [0.05, 0.1) is 11.6 Å². The molecule has 34 heavy (non-hydrogen) atoms. The van der Waals surface area contributed by atoms with Crippen LogP contribution in [0, 0.1) is 12.8 Å². The second kappa shape index (κ2) is 10.7. The summed E-state index contributed by atoms with van der Waals surface area (Å²) < 4.78 is 0. The predicted molar refractivity (Wildman–Crippen MR) is 143 cm³/mol. The minimum atomic E-state index is 0.154. The number of aromatic nitrogens is 2. The smallest absolute Gasteiger partial charge is 0.141 e. The van der Waals surface area contributed by atoms with Crippen molar-refractivity contribution in [3.63, 3.8) is 0 Å². The van der Waals surface area contributed by atoms with Gasteiger partial charge in [0.2, 0.25) is 0 Å². The maximum Gasteiger partial charge on any atom is 0.141 e. The number of anilines is 2. The van der Waals surface area contributed by atoms with E-state index in [0.717, 1.165) is 72.5 Å². The van der Waals surface area contributed by atoms with Gasteiger partial charge in [0.15, 0.2) is 0 Å². The number of aryl methyl sites for hydroxylation is 2. The molecule has 0 unspecified atom stereocenters. The molecule has 0 saturated carbocycles. The Bertz CT molecular complexity index is 1180. The first-order chi connectivity index (χ1) is 16.4. The summed E-state index contributed by atoms with van der Waals surface area (Å²) in [6.07, 6.45) is 6.59. The Balaban J connectivity index is 1.71. The Labute approximate surface area is 203 Å². The summed E-state index contributed by atoms with van der Waals surface area (Å²) in [6.45, 7) is 16.3. The normalized spacial score (nSPS) is 17.6. The Morgan fingerprint density at radius 1 is 1.06 bits per heavy atom. The number of nitrogens with one attached hydrogen (secondary N) is 3. The van der Waals surface area contributed by atoms with Crippen molar-refractivity contribution < 1.29 is 0 Å². The summed E-state index contributed by atoms with van der Waals surface area (Å²) in [7, 11) is 0. The summed E-state index contributed by atoms with van der Waals surface area (Å²) in [5.74, 6) is 1.40. The lowest BCUT2D eigenvalue weighted by Crippen LogP contribution is -2.37. The highest BCUT2D eigenvalue weighted by molar-refractivity contribution is 5.91. The minimum Gasteiger partial charge on any atom is -0.387 e. The van der Waals surface area contributed by atoms with Crippen molar-refractivity contribution >= 4 is 22.4 Å². The molecule has 0 amide bonds. The largest absolute Gasteiger partial charge is 0.387 e. The molecule has 2 heterocycles. The molecule has 1 aromatic heterocycles. The van der Waals surface area contributed by atoms with Crippen LogP contribution in [-0.2, 0) is 12.8 Å². The number of benzene rings is 2.